The smallest absolute Gasteiger partial charge is 0.366 e. The zero-order chi connectivity index (χ0) is 16.3. The molecule has 1 aliphatic rings. The number of primary amides is 1. The molecule has 2 N–H and O–H groups in total. The number of benzene rings is 1. The van der Waals surface area contributed by atoms with Crippen molar-refractivity contribution in [2.75, 3.05) is 0 Å². The lowest BCUT2D eigenvalue weighted by molar-refractivity contribution is -0.137. The molecule has 1 amide bonds. The topological polar surface area (TPSA) is 70.1 Å². The largest absolute Gasteiger partial charge is 0.416 e. The molecule has 0 saturated heterocycles. The molecular weight excluding hydrogens is 295 g/mol. The van der Waals surface area contributed by atoms with Crippen LogP contribution in [0.3, 0.4) is 0 Å². The van der Waals surface area contributed by atoms with Crippen molar-refractivity contribution in [2.24, 2.45) is 11.7 Å². The summed E-state index contributed by atoms with van der Waals surface area (Å²) in [6.45, 7) is 0.134. The van der Waals surface area contributed by atoms with Gasteiger partial charge in [0.1, 0.15) is 0 Å². The van der Waals surface area contributed by atoms with Crippen molar-refractivity contribution in [3.05, 3.63) is 59.4 Å². The number of carbonyl (C=O) groups is 1. The van der Waals surface area contributed by atoms with E-state index in [4.69, 9.17) is 11.0 Å². The number of allylic oxidation sites excluding steroid dienone is 1. The molecule has 0 fully saturated rings. The number of alkyl halides is 3. The Labute approximate surface area is 124 Å². The van der Waals surface area contributed by atoms with Gasteiger partial charge in [0.2, 0.25) is 5.91 Å². The SMILES string of the molecule is N#CC1C=CN(Cc2cccc(C(F)(F)F)c2)C=C1C(N)=O. The first kappa shape index (κ1) is 15.6. The van der Waals surface area contributed by atoms with Gasteiger partial charge in [-0.25, -0.2) is 0 Å². The first-order valence-corrected chi connectivity index (χ1v) is 6.32. The van der Waals surface area contributed by atoms with Gasteiger partial charge in [0, 0.05) is 18.9 Å². The number of nitrogens with two attached hydrogens (primary N) is 1. The summed E-state index contributed by atoms with van der Waals surface area (Å²) in [6, 6.07) is 6.83. The summed E-state index contributed by atoms with van der Waals surface area (Å²) in [6.07, 6.45) is -0.00134. The van der Waals surface area contributed by atoms with Crippen LogP contribution in [0.25, 0.3) is 0 Å². The third-order valence-electron chi connectivity index (χ3n) is 3.15. The van der Waals surface area contributed by atoms with Gasteiger partial charge in [-0.15, -0.1) is 0 Å². The molecule has 1 aromatic carbocycles. The molecule has 1 aliphatic heterocycles. The fraction of sp³-hybridized carbons (Fsp3) is 0.200. The summed E-state index contributed by atoms with van der Waals surface area (Å²) in [5, 5.41) is 8.92. The van der Waals surface area contributed by atoms with Gasteiger partial charge in [-0.05, 0) is 23.8 Å². The van der Waals surface area contributed by atoms with Crippen molar-refractivity contribution in [1.82, 2.24) is 4.90 Å². The van der Waals surface area contributed by atoms with Crippen molar-refractivity contribution < 1.29 is 18.0 Å². The number of hydrogen-bond acceptors (Lipinski definition) is 3. The Balaban J connectivity index is 2.22. The first-order chi connectivity index (χ1) is 10.3. The lowest BCUT2D eigenvalue weighted by Gasteiger charge is -2.23. The van der Waals surface area contributed by atoms with Crippen LogP contribution in [0.4, 0.5) is 13.2 Å². The quantitative estimate of drug-likeness (QED) is 0.933. The number of carbonyl (C=O) groups excluding carboxylic acids is 1. The molecule has 0 radical (unpaired) electrons. The predicted molar refractivity (Wildman–Crippen MR) is 72.5 cm³/mol. The van der Waals surface area contributed by atoms with Crippen LogP contribution < -0.4 is 5.73 Å². The number of hydrogen-bond donors (Lipinski definition) is 1. The number of halogens is 3. The van der Waals surface area contributed by atoms with Crippen molar-refractivity contribution in [3.63, 3.8) is 0 Å². The average Bonchev–Trinajstić information content (AvgIpc) is 2.46. The number of amides is 1. The Kier molecular flexibility index (Phi) is 4.22. The third kappa shape index (κ3) is 3.47. The maximum absolute atomic E-state index is 12.7. The number of nitrogens with zero attached hydrogens (tertiary/aromatic N) is 2. The molecular formula is C15H12F3N3O. The van der Waals surface area contributed by atoms with Gasteiger partial charge in [-0.3, -0.25) is 4.79 Å². The van der Waals surface area contributed by atoms with Crippen molar-refractivity contribution in [2.45, 2.75) is 12.7 Å². The van der Waals surface area contributed by atoms with Gasteiger partial charge in [0.05, 0.1) is 23.1 Å². The molecule has 4 nitrogen and oxygen atoms in total. The second kappa shape index (κ2) is 5.93. The van der Waals surface area contributed by atoms with Crippen LogP contribution in [0.2, 0.25) is 0 Å². The van der Waals surface area contributed by atoms with E-state index in [-0.39, 0.29) is 12.1 Å². The average molecular weight is 307 g/mol. The molecule has 0 aliphatic carbocycles. The monoisotopic (exact) mass is 307 g/mol. The van der Waals surface area contributed by atoms with Gasteiger partial charge in [0.15, 0.2) is 0 Å². The second-order valence-electron chi connectivity index (χ2n) is 4.77. The van der Waals surface area contributed by atoms with Crippen LogP contribution in [-0.2, 0) is 17.5 Å². The van der Waals surface area contributed by atoms with E-state index in [0.717, 1.165) is 12.1 Å². The van der Waals surface area contributed by atoms with E-state index in [1.165, 1.54) is 23.2 Å². The van der Waals surface area contributed by atoms with E-state index in [1.54, 1.807) is 12.3 Å². The summed E-state index contributed by atoms with van der Waals surface area (Å²) in [5.41, 5.74) is 5.00. The normalized spacial score (nSPS) is 17.8. The Hall–Kier alpha value is -2.75. The van der Waals surface area contributed by atoms with E-state index >= 15 is 0 Å². The molecule has 0 saturated carbocycles. The van der Waals surface area contributed by atoms with E-state index in [1.807, 2.05) is 6.07 Å². The lowest BCUT2D eigenvalue weighted by Crippen LogP contribution is -2.25. The zero-order valence-corrected chi connectivity index (χ0v) is 11.3. The highest BCUT2D eigenvalue weighted by Crippen LogP contribution is 2.30. The maximum atomic E-state index is 12.7. The highest BCUT2D eigenvalue weighted by molar-refractivity contribution is 5.93. The van der Waals surface area contributed by atoms with Crippen molar-refractivity contribution in [1.29, 1.82) is 5.26 Å². The van der Waals surface area contributed by atoms with Crippen LogP contribution in [0.1, 0.15) is 11.1 Å². The Morgan fingerprint density at radius 3 is 2.73 bits per heavy atom. The van der Waals surface area contributed by atoms with E-state index in [2.05, 4.69) is 0 Å². The van der Waals surface area contributed by atoms with Crippen molar-refractivity contribution >= 4 is 5.91 Å². The number of nitriles is 1. The fourth-order valence-electron chi connectivity index (χ4n) is 2.09. The third-order valence-corrected chi connectivity index (χ3v) is 3.15. The highest BCUT2D eigenvalue weighted by atomic mass is 19.4. The van der Waals surface area contributed by atoms with Gasteiger partial charge in [0.25, 0.3) is 0 Å². The van der Waals surface area contributed by atoms with Gasteiger partial charge in [-0.2, -0.15) is 18.4 Å². The van der Waals surface area contributed by atoms with Crippen LogP contribution in [0.5, 0.6) is 0 Å². The second-order valence-corrected chi connectivity index (χ2v) is 4.77. The molecule has 2 rings (SSSR count). The van der Waals surface area contributed by atoms with E-state index in [9.17, 15) is 18.0 Å². The van der Waals surface area contributed by atoms with Crippen LogP contribution in [0, 0.1) is 17.2 Å². The molecule has 114 valence electrons. The zero-order valence-electron chi connectivity index (χ0n) is 11.3. The predicted octanol–water partition coefficient (Wildman–Crippen LogP) is 2.54. The molecule has 0 aromatic heterocycles. The minimum Gasteiger partial charge on any atom is -0.366 e. The van der Waals surface area contributed by atoms with E-state index in [0.29, 0.717) is 5.56 Å². The Morgan fingerprint density at radius 2 is 2.14 bits per heavy atom. The van der Waals surface area contributed by atoms with Gasteiger partial charge < -0.3 is 10.6 Å². The molecule has 1 atom stereocenters. The maximum Gasteiger partial charge on any atom is 0.416 e. The van der Waals surface area contributed by atoms with Gasteiger partial charge in [-0.1, -0.05) is 12.1 Å². The lowest BCUT2D eigenvalue weighted by atomic mass is 9.98. The molecule has 22 heavy (non-hydrogen) atoms. The van der Waals surface area contributed by atoms with Crippen LogP contribution in [0.15, 0.2) is 48.3 Å². The summed E-state index contributed by atoms with van der Waals surface area (Å²) >= 11 is 0. The van der Waals surface area contributed by atoms with Crippen molar-refractivity contribution in [3.8, 4) is 6.07 Å². The summed E-state index contributed by atoms with van der Waals surface area (Å²) in [5.74, 6) is -1.47. The Morgan fingerprint density at radius 1 is 1.41 bits per heavy atom. The molecule has 0 spiro atoms. The van der Waals surface area contributed by atoms with Crippen LogP contribution >= 0.6 is 0 Å². The number of rotatable bonds is 3. The highest BCUT2D eigenvalue weighted by Gasteiger charge is 2.30. The van der Waals surface area contributed by atoms with Crippen LogP contribution in [-0.4, -0.2) is 10.8 Å². The summed E-state index contributed by atoms with van der Waals surface area (Å²) < 4.78 is 38.0. The molecule has 1 unspecified atom stereocenters. The summed E-state index contributed by atoms with van der Waals surface area (Å²) in [7, 11) is 0. The molecule has 0 bridgehead atoms. The minimum absolute atomic E-state index is 0.108. The standard InChI is InChI=1S/C15H12F3N3O/c16-15(17,18)12-3-1-2-10(6-12)8-21-5-4-11(7-19)13(9-21)14(20)22/h1-6,9,11H,8H2,(H2,20,22). The molecule has 1 aromatic rings. The molecule has 1 heterocycles. The fourth-order valence-corrected chi connectivity index (χ4v) is 2.09. The van der Waals surface area contributed by atoms with E-state index < -0.39 is 23.6 Å². The Bertz CT molecular complexity index is 686. The molecule has 7 heteroatoms. The minimum atomic E-state index is -4.41. The first-order valence-electron chi connectivity index (χ1n) is 6.32. The van der Waals surface area contributed by atoms with Gasteiger partial charge >= 0.3 is 6.18 Å². The summed E-state index contributed by atoms with van der Waals surface area (Å²) in [4.78, 5) is 12.8.